The maximum atomic E-state index is 12.9. The van der Waals surface area contributed by atoms with E-state index in [1.165, 1.54) is 4.90 Å². The summed E-state index contributed by atoms with van der Waals surface area (Å²) in [6, 6.07) is 13.6. The van der Waals surface area contributed by atoms with Gasteiger partial charge >= 0.3 is 0 Å². The summed E-state index contributed by atoms with van der Waals surface area (Å²) in [5.74, 6) is -1.53. The van der Waals surface area contributed by atoms with Crippen LogP contribution in [0.15, 0.2) is 78.9 Å². The molecular formula is C23H19N3O3. The molecule has 29 heavy (non-hydrogen) atoms. The molecule has 1 saturated heterocycles. The Labute approximate surface area is 168 Å². The summed E-state index contributed by atoms with van der Waals surface area (Å²) >= 11 is 0. The maximum absolute atomic E-state index is 12.9. The predicted octanol–water partition coefficient (Wildman–Crippen LogP) is 3.41. The average Bonchev–Trinajstić information content (AvgIpc) is 3.00. The van der Waals surface area contributed by atoms with Gasteiger partial charge in [0.05, 0.1) is 11.6 Å². The molecule has 2 aromatic heterocycles. The first-order valence-electron chi connectivity index (χ1n) is 9.20. The van der Waals surface area contributed by atoms with E-state index in [1.807, 2.05) is 25.1 Å². The zero-order valence-corrected chi connectivity index (χ0v) is 15.8. The Morgan fingerprint density at radius 3 is 2.38 bits per heavy atom. The Kier molecular flexibility index (Phi) is 4.91. The second-order valence-electron chi connectivity index (χ2n) is 6.93. The lowest BCUT2D eigenvalue weighted by Gasteiger charge is -2.25. The van der Waals surface area contributed by atoms with E-state index >= 15 is 0 Å². The molecule has 1 aliphatic rings. The number of aryl methyl sites for hydroxylation is 1. The molecule has 1 amide bonds. The minimum atomic E-state index is -0.709. The van der Waals surface area contributed by atoms with E-state index in [0.29, 0.717) is 11.1 Å². The Balaban J connectivity index is 1.85. The van der Waals surface area contributed by atoms with Gasteiger partial charge in [-0.3, -0.25) is 19.6 Å². The number of aliphatic hydroxyl groups is 1. The smallest absolute Gasteiger partial charge is 0.295 e. The molecule has 144 valence electrons. The number of likely N-dealkylation sites (tertiary alicyclic amines) is 1. The first kappa shape index (κ1) is 18.6. The molecule has 0 aliphatic carbocycles. The predicted molar refractivity (Wildman–Crippen MR) is 107 cm³/mol. The number of rotatable bonds is 4. The molecule has 3 heterocycles. The largest absolute Gasteiger partial charge is 0.507 e. The summed E-state index contributed by atoms with van der Waals surface area (Å²) in [5, 5.41) is 11.0. The number of Topliss-reactive ketones (excluding diaryl/α,β-unsaturated/α-hetero) is 1. The van der Waals surface area contributed by atoms with Gasteiger partial charge in [0, 0.05) is 36.9 Å². The quantitative estimate of drug-likeness (QED) is 0.423. The molecule has 0 unspecified atom stereocenters. The highest BCUT2D eigenvalue weighted by Gasteiger charge is 2.46. The van der Waals surface area contributed by atoms with Gasteiger partial charge in [0.15, 0.2) is 0 Å². The lowest BCUT2D eigenvalue weighted by atomic mass is 9.95. The van der Waals surface area contributed by atoms with E-state index in [9.17, 15) is 14.7 Å². The highest BCUT2D eigenvalue weighted by atomic mass is 16.3. The van der Waals surface area contributed by atoms with Gasteiger partial charge in [0.25, 0.3) is 11.7 Å². The normalized spacial score (nSPS) is 18.2. The molecule has 6 nitrogen and oxygen atoms in total. The first-order chi connectivity index (χ1) is 14.1. The number of aliphatic hydroxyl groups excluding tert-OH is 1. The van der Waals surface area contributed by atoms with Crippen molar-refractivity contribution in [2.45, 2.75) is 19.5 Å². The molecule has 1 fully saturated rings. The minimum absolute atomic E-state index is 0.0777. The van der Waals surface area contributed by atoms with Crippen molar-refractivity contribution in [1.29, 1.82) is 0 Å². The Hall–Kier alpha value is -3.80. The number of benzene rings is 1. The number of hydrogen-bond donors (Lipinski definition) is 1. The molecule has 1 aliphatic heterocycles. The number of pyridine rings is 2. The fourth-order valence-electron chi connectivity index (χ4n) is 3.49. The van der Waals surface area contributed by atoms with Gasteiger partial charge < -0.3 is 10.0 Å². The Morgan fingerprint density at radius 1 is 1.00 bits per heavy atom. The van der Waals surface area contributed by atoms with Crippen molar-refractivity contribution in [3.63, 3.8) is 0 Å². The van der Waals surface area contributed by atoms with Gasteiger partial charge in [-0.25, -0.2) is 0 Å². The van der Waals surface area contributed by atoms with Gasteiger partial charge in [-0.2, -0.15) is 0 Å². The fraction of sp³-hybridized carbons (Fsp3) is 0.130. The molecule has 6 heteroatoms. The van der Waals surface area contributed by atoms with Crippen LogP contribution < -0.4 is 0 Å². The van der Waals surface area contributed by atoms with E-state index in [-0.39, 0.29) is 17.9 Å². The molecule has 0 radical (unpaired) electrons. The van der Waals surface area contributed by atoms with Crippen LogP contribution in [-0.2, 0) is 16.1 Å². The van der Waals surface area contributed by atoms with Crippen molar-refractivity contribution in [2.24, 2.45) is 0 Å². The van der Waals surface area contributed by atoms with E-state index in [4.69, 9.17) is 0 Å². The fourth-order valence-corrected chi connectivity index (χ4v) is 3.49. The summed E-state index contributed by atoms with van der Waals surface area (Å²) in [7, 11) is 0. The van der Waals surface area contributed by atoms with Crippen LogP contribution in [0.5, 0.6) is 0 Å². The highest BCUT2D eigenvalue weighted by Crippen LogP contribution is 2.40. The van der Waals surface area contributed by atoms with Crippen molar-refractivity contribution >= 4 is 17.4 Å². The van der Waals surface area contributed by atoms with Crippen LogP contribution >= 0.6 is 0 Å². The third-order valence-electron chi connectivity index (χ3n) is 4.96. The van der Waals surface area contributed by atoms with Gasteiger partial charge in [-0.1, -0.05) is 35.9 Å². The third kappa shape index (κ3) is 3.52. The molecule has 1 N–H and O–H groups in total. The summed E-state index contributed by atoms with van der Waals surface area (Å²) in [5.41, 5.74) is 3.10. The van der Waals surface area contributed by atoms with E-state index in [2.05, 4.69) is 9.97 Å². The molecule has 1 aromatic carbocycles. The molecule has 0 saturated carbocycles. The van der Waals surface area contributed by atoms with Gasteiger partial charge in [-0.15, -0.1) is 0 Å². The van der Waals surface area contributed by atoms with Crippen LogP contribution in [-0.4, -0.2) is 31.7 Å². The number of amides is 1. The zero-order valence-electron chi connectivity index (χ0n) is 15.8. The van der Waals surface area contributed by atoms with Crippen LogP contribution in [0.3, 0.4) is 0 Å². The standard InChI is InChI=1S/C23H19N3O3/c1-15-4-6-18(7-5-15)21(27)19-20(17-8-11-24-12-9-17)26(23(29)22(19)28)14-16-3-2-10-25-13-16/h2-13,20,27H,14H2,1H3/b21-19+/t20-/m0/s1. The lowest BCUT2D eigenvalue weighted by molar-refractivity contribution is -0.140. The van der Waals surface area contributed by atoms with Crippen molar-refractivity contribution < 1.29 is 14.7 Å². The first-order valence-corrected chi connectivity index (χ1v) is 9.20. The lowest BCUT2D eigenvalue weighted by Crippen LogP contribution is -2.29. The number of ketones is 1. The SMILES string of the molecule is Cc1ccc(/C(O)=C2\C(=O)C(=O)N(Cc3cccnc3)[C@H]2c2ccncc2)cc1. The Morgan fingerprint density at radius 2 is 1.72 bits per heavy atom. The van der Waals surface area contributed by atoms with E-state index < -0.39 is 17.7 Å². The zero-order chi connectivity index (χ0) is 20.4. The number of hydrogen-bond acceptors (Lipinski definition) is 5. The number of carbonyl (C=O) groups excluding carboxylic acids is 2. The van der Waals surface area contributed by atoms with Crippen molar-refractivity contribution in [3.8, 4) is 0 Å². The van der Waals surface area contributed by atoms with Crippen LogP contribution in [0, 0.1) is 6.92 Å². The van der Waals surface area contributed by atoms with Crippen LogP contribution in [0.2, 0.25) is 0 Å². The topological polar surface area (TPSA) is 83.4 Å². The van der Waals surface area contributed by atoms with Crippen LogP contribution in [0.25, 0.3) is 5.76 Å². The molecule has 1 atom stereocenters. The number of nitrogens with zero attached hydrogens (tertiary/aromatic N) is 3. The monoisotopic (exact) mass is 385 g/mol. The number of aromatic nitrogens is 2. The molecule has 4 rings (SSSR count). The second kappa shape index (κ2) is 7.67. The maximum Gasteiger partial charge on any atom is 0.295 e. The number of carbonyl (C=O) groups is 2. The molecule has 3 aromatic rings. The van der Waals surface area contributed by atoms with E-state index in [1.54, 1.807) is 55.1 Å². The molecule has 0 bridgehead atoms. The third-order valence-corrected chi connectivity index (χ3v) is 4.96. The van der Waals surface area contributed by atoms with Gasteiger partial charge in [0.2, 0.25) is 0 Å². The van der Waals surface area contributed by atoms with Crippen LogP contribution in [0.4, 0.5) is 0 Å². The average molecular weight is 385 g/mol. The van der Waals surface area contributed by atoms with Crippen molar-refractivity contribution in [1.82, 2.24) is 14.9 Å². The molecular weight excluding hydrogens is 366 g/mol. The second-order valence-corrected chi connectivity index (χ2v) is 6.93. The van der Waals surface area contributed by atoms with Crippen molar-refractivity contribution in [3.05, 3.63) is 101 Å². The van der Waals surface area contributed by atoms with E-state index in [0.717, 1.165) is 11.1 Å². The molecule has 0 spiro atoms. The van der Waals surface area contributed by atoms with Crippen molar-refractivity contribution in [2.75, 3.05) is 0 Å². The minimum Gasteiger partial charge on any atom is -0.507 e. The van der Waals surface area contributed by atoms with Crippen LogP contribution in [0.1, 0.15) is 28.3 Å². The summed E-state index contributed by atoms with van der Waals surface area (Å²) in [6.07, 6.45) is 6.51. The van der Waals surface area contributed by atoms with Gasteiger partial charge in [-0.05, 0) is 36.2 Å². The summed E-state index contributed by atoms with van der Waals surface area (Å²) in [6.45, 7) is 2.14. The summed E-state index contributed by atoms with van der Waals surface area (Å²) in [4.78, 5) is 35.4. The van der Waals surface area contributed by atoms with Gasteiger partial charge in [0.1, 0.15) is 5.76 Å². The Bertz CT molecular complexity index is 1080. The summed E-state index contributed by atoms with van der Waals surface area (Å²) < 4.78 is 0. The highest BCUT2D eigenvalue weighted by molar-refractivity contribution is 6.46.